The van der Waals surface area contributed by atoms with Gasteiger partial charge in [0.1, 0.15) is 18.3 Å². The first-order chi connectivity index (χ1) is 35.4. The standard InChI is InChI=1S/2C19H22N2O3.C10H14N2O.C10H14O3.CH4.H4N2.H2O/c1-12-17-15(9-19(2,3)10-16(17)22)21(20-12)11-13-5-7-14(8-6-13)18(23)24-4;1-12-18-15(8-19(2,3)9-16(18)23)21(20-12)10-13-4-6-14(7-5-13)17(24)11-22;1-6-9-7(12-11-6)4-10(2,3)5-8(9)13;1-6(11)9-7(12)4-10(2,3)5-8(9)13;;1-2;/h5-8H,9-11H2,1-4H3;4-7,22H,8-11H2,1-3H3;4-5H2,1-3H3,(H,11,12);9H,4-5H2,1-3H3;1H4;1-2H2;1H2. The molecular formula is C59H82N8O11. The molecule has 0 unspecified atom stereocenters. The highest BCUT2D eigenvalue weighted by Crippen LogP contribution is 2.39. The molecule has 3 aromatic heterocycles. The number of nitrogens with two attached hydrogens (primary N) is 2. The number of aryl methyl sites for hydroxylation is 3. The van der Waals surface area contributed by atoms with Crippen LogP contribution in [0.5, 0.6) is 0 Å². The van der Waals surface area contributed by atoms with Gasteiger partial charge in [0.15, 0.2) is 34.7 Å². The number of H-pyrrole nitrogens is 1. The molecule has 19 nitrogen and oxygen atoms in total. The van der Waals surface area contributed by atoms with Crippen molar-refractivity contribution in [3.05, 3.63) is 122 Å². The summed E-state index contributed by atoms with van der Waals surface area (Å²) < 4.78 is 8.55. The topological polar surface area (TPSA) is 314 Å². The fraction of sp³-hybridized carbons (Fsp3) is 0.508. The SMILES string of the molecule is C.CC(=O)C1C(=O)CC(C)(C)CC1=O.COC(=O)c1ccc(Cn2nc(C)c3c2CC(C)(C)CC3=O)cc1.Cc1[nH]nc2c1C(=O)CC(C)(C)C2.Cc1nn(Cc2ccc(C(=O)CO)cc2)c2c1C(=O)CC(C)(C)C2.NN.O. The smallest absolute Gasteiger partial charge is 0.337 e. The van der Waals surface area contributed by atoms with Gasteiger partial charge in [-0.05, 0) is 91.9 Å². The lowest BCUT2D eigenvalue weighted by Crippen LogP contribution is -2.40. The molecule has 0 atom stereocenters. The number of aliphatic hydroxyl groups is 1. The Morgan fingerprint density at radius 2 is 0.987 bits per heavy atom. The number of ketones is 7. The van der Waals surface area contributed by atoms with Gasteiger partial charge in [-0.1, -0.05) is 99.2 Å². The molecule has 4 aliphatic rings. The number of hydrogen-bond acceptors (Lipinski definition) is 15. The number of esters is 1. The van der Waals surface area contributed by atoms with Gasteiger partial charge in [0.2, 0.25) is 0 Å². The Morgan fingerprint density at radius 3 is 1.37 bits per heavy atom. The van der Waals surface area contributed by atoms with E-state index in [1.807, 2.05) is 68.2 Å². The van der Waals surface area contributed by atoms with E-state index >= 15 is 0 Å². The number of aromatic nitrogens is 6. The van der Waals surface area contributed by atoms with Crippen molar-refractivity contribution in [2.45, 2.75) is 155 Å². The van der Waals surface area contributed by atoms with Gasteiger partial charge in [0, 0.05) is 43.4 Å². The molecule has 3 heterocycles. The minimum absolute atomic E-state index is 0. The molecule has 0 saturated heterocycles. The number of hydrazine groups is 1. The van der Waals surface area contributed by atoms with E-state index in [9.17, 15) is 38.4 Å². The molecule has 0 amide bonds. The molecule has 8 N–H and O–H groups in total. The number of benzene rings is 2. The molecule has 1 saturated carbocycles. The predicted octanol–water partition coefficient (Wildman–Crippen LogP) is 7.40. The summed E-state index contributed by atoms with van der Waals surface area (Å²) in [5.41, 5.74) is 10.7. The number of Topliss-reactive ketones (excluding diaryl/α,β-unsaturated/α-hetero) is 7. The predicted molar refractivity (Wildman–Crippen MR) is 296 cm³/mol. The normalized spacial score (nSPS) is 17.2. The van der Waals surface area contributed by atoms with Crippen LogP contribution in [0.25, 0.3) is 0 Å². The molecule has 424 valence electrons. The number of nitrogens with zero attached hydrogens (tertiary/aromatic N) is 5. The van der Waals surface area contributed by atoms with E-state index < -0.39 is 12.5 Å². The van der Waals surface area contributed by atoms with Crippen LogP contribution in [0.15, 0.2) is 48.5 Å². The average molecular weight is 1080 g/mol. The average Bonchev–Trinajstić information content (AvgIpc) is 3.95. The first-order valence-corrected chi connectivity index (χ1v) is 25.5. The van der Waals surface area contributed by atoms with Crippen LogP contribution in [-0.4, -0.2) is 101 Å². The summed E-state index contributed by atoms with van der Waals surface area (Å²) in [5.74, 6) is 6.25. The van der Waals surface area contributed by atoms with Crippen LogP contribution < -0.4 is 11.7 Å². The van der Waals surface area contributed by atoms with Crippen molar-refractivity contribution < 1.29 is 53.7 Å². The van der Waals surface area contributed by atoms with Crippen LogP contribution in [0.1, 0.15) is 199 Å². The Morgan fingerprint density at radius 1 is 0.615 bits per heavy atom. The Kier molecular flexibility index (Phi) is 21.9. The van der Waals surface area contributed by atoms with Crippen molar-refractivity contribution in [3.8, 4) is 0 Å². The lowest BCUT2D eigenvalue weighted by molar-refractivity contribution is -0.144. The summed E-state index contributed by atoms with van der Waals surface area (Å²) in [6, 6.07) is 14.4. The second-order valence-corrected chi connectivity index (χ2v) is 23.6. The van der Waals surface area contributed by atoms with Crippen LogP contribution in [0.2, 0.25) is 0 Å². The lowest BCUT2D eigenvalue weighted by atomic mass is 9.70. The first kappa shape index (κ1) is 65.4. The largest absolute Gasteiger partial charge is 0.465 e. The van der Waals surface area contributed by atoms with E-state index in [0.29, 0.717) is 56.3 Å². The molecule has 0 spiro atoms. The molecule has 0 aliphatic heterocycles. The first-order valence-electron chi connectivity index (χ1n) is 25.5. The monoisotopic (exact) mass is 1080 g/mol. The van der Waals surface area contributed by atoms with Gasteiger partial charge in [0.05, 0.1) is 70.9 Å². The van der Waals surface area contributed by atoms with Crippen LogP contribution in [0.4, 0.5) is 0 Å². The number of ether oxygens (including phenoxy) is 1. The fourth-order valence-corrected chi connectivity index (χ4v) is 10.6. The summed E-state index contributed by atoms with van der Waals surface area (Å²) in [4.78, 5) is 93.4. The van der Waals surface area contributed by atoms with Gasteiger partial charge in [-0.3, -0.25) is 59.7 Å². The zero-order valence-corrected chi connectivity index (χ0v) is 47.0. The number of rotatable bonds is 8. The zero-order chi connectivity index (χ0) is 56.8. The molecule has 9 rings (SSSR count). The summed E-state index contributed by atoms with van der Waals surface area (Å²) in [7, 11) is 1.37. The van der Waals surface area contributed by atoms with Crippen molar-refractivity contribution in [1.29, 1.82) is 0 Å². The highest BCUT2D eigenvalue weighted by atomic mass is 16.5. The summed E-state index contributed by atoms with van der Waals surface area (Å²) in [5, 5.41) is 25.1. The number of hydrogen-bond donors (Lipinski definition) is 4. The van der Waals surface area contributed by atoms with Gasteiger partial charge in [0.25, 0.3) is 0 Å². The van der Waals surface area contributed by atoms with Crippen LogP contribution in [0.3, 0.4) is 0 Å². The highest BCUT2D eigenvalue weighted by Gasteiger charge is 2.42. The number of aromatic amines is 1. The Balaban J connectivity index is 0.000000278. The maximum Gasteiger partial charge on any atom is 0.337 e. The second-order valence-electron chi connectivity index (χ2n) is 23.6. The third-order valence-electron chi connectivity index (χ3n) is 14.0. The molecule has 4 aliphatic carbocycles. The Hall–Kier alpha value is -6.93. The number of carbonyl (C=O) groups is 8. The Labute approximate surface area is 457 Å². The van der Waals surface area contributed by atoms with Crippen LogP contribution >= 0.6 is 0 Å². The molecule has 1 fully saturated rings. The van der Waals surface area contributed by atoms with E-state index in [2.05, 4.69) is 73.6 Å². The van der Waals surface area contributed by atoms with E-state index in [-0.39, 0.29) is 81.0 Å². The third-order valence-corrected chi connectivity index (χ3v) is 14.0. The molecule has 5 aromatic rings. The van der Waals surface area contributed by atoms with Crippen molar-refractivity contribution >= 4 is 46.5 Å². The molecule has 19 heteroatoms. The molecule has 0 radical (unpaired) electrons. The molecule has 2 aromatic carbocycles. The molecule has 78 heavy (non-hydrogen) atoms. The highest BCUT2D eigenvalue weighted by molar-refractivity contribution is 6.20. The number of aliphatic hydroxyl groups excluding tert-OH is 1. The number of nitrogens with one attached hydrogen (secondary N) is 1. The summed E-state index contributed by atoms with van der Waals surface area (Å²) >= 11 is 0. The molecule has 0 bridgehead atoms. The summed E-state index contributed by atoms with van der Waals surface area (Å²) in [6.07, 6.45) is 5.01. The number of carbonyl (C=O) groups excluding carboxylic acids is 8. The van der Waals surface area contributed by atoms with Gasteiger partial charge in [-0.25, -0.2) is 4.79 Å². The number of fused-ring (bicyclic) bond motifs is 3. The number of methoxy groups -OCH3 is 1. The van der Waals surface area contributed by atoms with Crippen LogP contribution in [-0.2, 0) is 51.5 Å². The Bertz CT molecular complexity index is 2870. The van der Waals surface area contributed by atoms with Crippen molar-refractivity contribution in [1.82, 2.24) is 29.8 Å². The maximum atomic E-state index is 12.4. The van der Waals surface area contributed by atoms with Gasteiger partial charge in [-0.15, -0.1) is 0 Å². The zero-order valence-electron chi connectivity index (χ0n) is 47.0. The van der Waals surface area contributed by atoms with Gasteiger partial charge >= 0.3 is 5.97 Å². The van der Waals surface area contributed by atoms with Crippen molar-refractivity contribution in [2.75, 3.05) is 13.7 Å². The van der Waals surface area contributed by atoms with Crippen molar-refractivity contribution in [2.24, 2.45) is 39.3 Å². The minimum Gasteiger partial charge on any atom is -0.465 e. The van der Waals surface area contributed by atoms with E-state index in [1.54, 1.807) is 24.3 Å². The lowest BCUT2D eigenvalue weighted by Gasteiger charge is -2.30. The quantitative estimate of drug-likeness (QED) is 0.0387. The molecular weight excluding hydrogens is 997 g/mol. The van der Waals surface area contributed by atoms with Gasteiger partial charge < -0.3 is 15.3 Å². The third kappa shape index (κ3) is 15.9. The fourth-order valence-electron chi connectivity index (χ4n) is 10.6. The van der Waals surface area contributed by atoms with Gasteiger partial charge in [-0.2, -0.15) is 15.3 Å². The van der Waals surface area contributed by atoms with E-state index in [4.69, 9.17) is 9.84 Å². The van der Waals surface area contributed by atoms with Crippen molar-refractivity contribution in [3.63, 3.8) is 0 Å². The maximum absolute atomic E-state index is 12.4. The second kappa shape index (κ2) is 26.1. The minimum atomic E-state index is -0.965. The van der Waals surface area contributed by atoms with Crippen LogP contribution in [0, 0.1) is 48.3 Å². The summed E-state index contributed by atoms with van der Waals surface area (Å²) in [6.45, 7) is 24.1. The van der Waals surface area contributed by atoms with E-state index in [1.165, 1.54) is 14.0 Å². The van der Waals surface area contributed by atoms with E-state index in [0.717, 1.165) is 81.2 Å².